The number of hydrogen-bond acceptors (Lipinski definition) is 5. The van der Waals surface area contributed by atoms with Gasteiger partial charge in [-0.15, -0.1) is 11.3 Å². The van der Waals surface area contributed by atoms with Gasteiger partial charge in [-0.25, -0.2) is 4.68 Å². The molecule has 8 heteroatoms. The number of benzene rings is 1. The smallest absolute Gasteiger partial charge is 0.291 e. The van der Waals surface area contributed by atoms with Crippen LogP contribution in [-0.4, -0.2) is 25.2 Å². The highest BCUT2D eigenvalue weighted by atomic mass is 32.1. The van der Waals surface area contributed by atoms with Gasteiger partial charge in [-0.3, -0.25) is 14.0 Å². The van der Waals surface area contributed by atoms with Crippen molar-refractivity contribution >= 4 is 38.7 Å². The number of aromatic hydroxyl groups is 1. The number of carbonyl (C=O) groups excluding carboxylic acids is 1. The molecule has 0 aliphatic heterocycles. The zero-order valence-corrected chi connectivity index (χ0v) is 14.8. The first-order valence-corrected chi connectivity index (χ1v) is 9.02. The Labute approximate surface area is 152 Å². The fourth-order valence-electron chi connectivity index (χ4n) is 2.98. The number of nitrogens with zero attached hydrogens (tertiary/aromatic N) is 3. The number of carbonyl (C=O) groups is 1. The Hall–Kier alpha value is -3.13. The monoisotopic (exact) mass is 368 g/mol. The fraction of sp³-hybridized carbons (Fsp3) is 0.167. The van der Waals surface area contributed by atoms with Crippen LogP contribution in [0.2, 0.25) is 0 Å². The summed E-state index contributed by atoms with van der Waals surface area (Å²) in [6, 6.07) is 10.1. The lowest BCUT2D eigenvalue weighted by molar-refractivity contribution is -0.117. The number of fused-ring (bicyclic) bond motifs is 3. The second-order valence-electron chi connectivity index (χ2n) is 5.87. The number of hydrogen-bond donors (Lipinski definition) is 2. The van der Waals surface area contributed by atoms with Crippen molar-refractivity contribution in [1.82, 2.24) is 14.2 Å². The van der Waals surface area contributed by atoms with Gasteiger partial charge in [0.25, 0.3) is 5.56 Å². The molecule has 0 atom stereocenters. The predicted octanol–water partition coefficient (Wildman–Crippen LogP) is 2.62. The van der Waals surface area contributed by atoms with Crippen LogP contribution in [-0.2, 0) is 17.8 Å². The number of aryl methyl sites for hydroxylation is 1. The summed E-state index contributed by atoms with van der Waals surface area (Å²) in [5.41, 5.74) is 1.63. The molecule has 132 valence electrons. The molecule has 0 aliphatic rings. The van der Waals surface area contributed by atoms with E-state index in [2.05, 4.69) is 10.4 Å². The van der Waals surface area contributed by atoms with Gasteiger partial charge >= 0.3 is 0 Å². The van der Waals surface area contributed by atoms with E-state index in [4.69, 9.17) is 0 Å². The maximum atomic E-state index is 12.8. The third kappa shape index (κ3) is 2.74. The molecule has 3 aromatic heterocycles. The third-order valence-electron chi connectivity index (χ3n) is 4.11. The van der Waals surface area contributed by atoms with Crippen LogP contribution in [0.25, 0.3) is 15.7 Å². The van der Waals surface area contributed by atoms with E-state index in [9.17, 15) is 14.7 Å². The molecular formula is C18H16N4O3S. The zero-order valence-electron chi connectivity index (χ0n) is 14.0. The molecule has 0 fully saturated rings. The minimum absolute atomic E-state index is 0.0565. The minimum Gasteiger partial charge on any atom is -0.508 e. The summed E-state index contributed by atoms with van der Waals surface area (Å²) in [5.74, 6) is 0.393. The van der Waals surface area contributed by atoms with E-state index >= 15 is 0 Å². The molecule has 0 unspecified atom stereocenters. The quantitative estimate of drug-likeness (QED) is 0.580. The molecule has 0 aliphatic carbocycles. The Morgan fingerprint density at radius 1 is 1.27 bits per heavy atom. The van der Waals surface area contributed by atoms with Crippen molar-refractivity contribution in [2.75, 3.05) is 5.32 Å². The molecule has 0 radical (unpaired) electrons. The fourth-order valence-corrected chi connectivity index (χ4v) is 3.78. The van der Waals surface area contributed by atoms with Crippen LogP contribution >= 0.6 is 11.3 Å². The second kappa shape index (κ2) is 6.30. The van der Waals surface area contributed by atoms with Gasteiger partial charge in [-0.05, 0) is 29.6 Å². The van der Waals surface area contributed by atoms with Crippen molar-refractivity contribution in [2.24, 2.45) is 0 Å². The highest BCUT2D eigenvalue weighted by molar-refractivity contribution is 7.17. The SMILES string of the molecule is CCc1nn(CC(=O)Nc2cccc(O)c2)c(=O)c2cc3sccc3n12. The van der Waals surface area contributed by atoms with Gasteiger partial charge in [0.15, 0.2) is 0 Å². The van der Waals surface area contributed by atoms with Crippen LogP contribution in [0.5, 0.6) is 5.75 Å². The first-order chi connectivity index (χ1) is 12.6. The average molecular weight is 368 g/mol. The van der Waals surface area contributed by atoms with E-state index in [0.29, 0.717) is 17.6 Å². The lowest BCUT2D eigenvalue weighted by Gasteiger charge is -2.10. The number of aromatic nitrogens is 3. The molecule has 4 rings (SSSR count). The van der Waals surface area contributed by atoms with Crippen LogP contribution in [0, 0.1) is 0 Å². The molecule has 0 bridgehead atoms. The molecule has 26 heavy (non-hydrogen) atoms. The molecule has 1 amide bonds. The van der Waals surface area contributed by atoms with E-state index in [1.54, 1.807) is 23.5 Å². The number of phenolic OH excluding ortho intramolecular Hbond substituents is 1. The summed E-state index contributed by atoms with van der Waals surface area (Å²) >= 11 is 1.56. The Morgan fingerprint density at radius 3 is 2.88 bits per heavy atom. The van der Waals surface area contributed by atoms with Crippen molar-refractivity contribution in [3.63, 3.8) is 0 Å². The number of thiophene rings is 1. The Bertz CT molecular complexity index is 1190. The number of rotatable bonds is 4. The van der Waals surface area contributed by atoms with Crippen molar-refractivity contribution in [1.29, 1.82) is 0 Å². The number of anilines is 1. The molecule has 0 spiro atoms. The van der Waals surface area contributed by atoms with Crippen molar-refractivity contribution in [2.45, 2.75) is 19.9 Å². The molecule has 3 heterocycles. The Balaban J connectivity index is 1.71. The first-order valence-electron chi connectivity index (χ1n) is 8.14. The summed E-state index contributed by atoms with van der Waals surface area (Å²) in [7, 11) is 0. The summed E-state index contributed by atoms with van der Waals surface area (Å²) in [6.07, 6.45) is 0.630. The van der Waals surface area contributed by atoms with Crippen LogP contribution in [0.15, 0.2) is 46.6 Å². The van der Waals surface area contributed by atoms with Crippen LogP contribution in [0.3, 0.4) is 0 Å². The molecule has 2 N–H and O–H groups in total. The number of amides is 1. The highest BCUT2D eigenvalue weighted by Gasteiger charge is 2.16. The summed E-state index contributed by atoms with van der Waals surface area (Å²) in [5, 5.41) is 18.5. The van der Waals surface area contributed by atoms with Gasteiger partial charge < -0.3 is 10.4 Å². The van der Waals surface area contributed by atoms with Gasteiger partial charge in [0.1, 0.15) is 23.6 Å². The molecule has 1 aromatic carbocycles. The van der Waals surface area contributed by atoms with Gasteiger partial charge in [-0.1, -0.05) is 13.0 Å². The maximum absolute atomic E-state index is 12.8. The molecular weight excluding hydrogens is 352 g/mol. The normalized spacial score (nSPS) is 11.3. The second-order valence-corrected chi connectivity index (χ2v) is 6.81. The van der Waals surface area contributed by atoms with Crippen LogP contribution < -0.4 is 10.9 Å². The lowest BCUT2D eigenvalue weighted by atomic mass is 10.3. The van der Waals surface area contributed by atoms with E-state index in [1.807, 2.05) is 28.8 Å². The Kier molecular flexibility index (Phi) is 3.96. The molecule has 4 aromatic rings. The van der Waals surface area contributed by atoms with E-state index in [-0.39, 0.29) is 23.8 Å². The standard InChI is InChI=1S/C18H16N4O3S/c1-2-16-20-21(10-17(24)19-11-4-3-5-12(23)8-11)18(25)14-9-15-13(22(14)16)6-7-26-15/h3-9,23H,2,10H2,1H3,(H,19,24). The third-order valence-corrected chi connectivity index (χ3v) is 4.96. The van der Waals surface area contributed by atoms with Crippen LogP contribution in [0.1, 0.15) is 12.7 Å². The summed E-state index contributed by atoms with van der Waals surface area (Å²) in [4.78, 5) is 25.1. The Morgan fingerprint density at radius 2 is 2.12 bits per heavy atom. The van der Waals surface area contributed by atoms with E-state index < -0.39 is 0 Å². The van der Waals surface area contributed by atoms with E-state index in [0.717, 1.165) is 16.0 Å². The molecule has 7 nitrogen and oxygen atoms in total. The minimum atomic E-state index is -0.384. The predicted molar refractivity (Wildman–Crippen MR) is 101 cm³/mol. The first kappa shape index (κ1) is 16.3. The van der Waals surface area contributed by atoms with Gasteiger partial charge in [-0.2, -0.15) is 5.10 Å². The zero-order chi connectivity index (χ0) is 18.3. The summed E-state index contributed by atoms with van der Waals surface area (Å²) < 4.78 is 4.06. The average Bonchev–Trinajstić information content (AvgIpc) is 3.19. The largest absolute Gasteiger partial charge is 0.508 e. The summed E-state index contributed by atoms with van der Waals surface area (Å²) in [6.45, 7) is 1.76. The van der Waals surface area contributed by atoms with Gasteiger partial charge in [0, 0.05) is 18.2 Å². The van der Waals surface area contributed by atoms with Gasteiger partial charge in [0.05, 0.1) is 10.2 Å². The van der Waals surface area contributed by atoms with Crippen molar-refractivity contribution in [3.8, 4) is 5.75 Å². The van der Waals surface area contributed by atoms with Crippen molar-refractivity contribution < 1.29 is 9.90 Å². The number of nitrogens with one attached hydrogen (secondary N) is 1. The lowest BCUT2D eigenvalue weighted by Crippen LogP contribution is -2.32. The molecule has 0 saturated heterocycles. The van der Waals surface area contributed by atoms with Gasteiger partial charge in [0.2, 0.25) is 5.91 Å². The topological polar surface area (TPSA) is 88.6 Å². The molecule has 0 saturated carbocycles. The maximum Gasteiger partial charge on any atom is 0.291 e. The van der Waals surface area contributed by atoms with E-state index in [1.165, 1.54) is 16.8 Å². The van der Waals surface area contributed by atoms with Crippen LogP contribution in [0.4, 0.5) is 5.69 Å². The number of phenols is 1. The highest BCUT2D eigenvalue weighted by Crippen LogP contribution is 2.24. The van der Waals surface area contributed by atoms with Crippen molar-refractivity contribution in [3.05, 3.63) is 58.0 Å².